The lowest BCUT2D eigenvalue weighted by Crippen LogP contribution is -2.46. The largest absolute Gasteiger partial charge is 0.369 e. The van der Waals surface area contributed by atoms with Crippen molar-refractivity contribution in [3.63, 3.8) is 0 Å². The molecule has 2 N–H and O–H groups in total. The number of H-pyrrole nitrogens is 1. The average molecular weight is 469 g/mol. The van der Waals surface area contributed by atoms with Crippen LogP contribution in [-0.2, 0) is 0 Å². The Morgan fingerprint density at radius 3 is 2.56 bits per heavy atom. The monoisotopic (exact) mass is 468 g/mol. The third-order valence-corrected chi connectivity index (χ3v) is 6.29. The van der Waals surface area contributed by atoms with Crippen LogP contribution >= 0.6 is 23.2 Å². The molecule has 1 aromatic carbocycles. The van der Waals surface area contributed by atoms with Crippen molar-refractivity contribution < 1.29 is 0 Å². The lowest BCUT2D eigenvalue weighted by atomic mass is 10.2. The Morgan fingerprint density at radius 1 is 1.03 bits per heavy atom. The smallest absolute Gasteiger partial charge is 0.183 e. The first-order valence-corrected chi connectivity index (χ1v) is 11.2. The number of aromatic nitrogens is 5. The number of halogens is 2. The van der Waals surface area contributed by atoms with E-state index < -0.39 is 0 Å². The number of anilines is 3. The minimum atomic E-state index is 0.511. The first-order valence-electron chi connectivity index (χ1n) is 10.5. The summed E-state index contributed by atoms with van der Waals surface area (Å²) in [4.78, 5) is 25.8. The first-order chi connectivity index (χ1) is 15.6. The number of piperazine rings is 1. The minimum absolute atomic E-state index is 0.511. The number of imidazole rings is 1. The van der Waals surface area contributed by atoms with Crippen LogP contribution in [0.5, 0.6) is 0 Å². The van der Waals surface area contributed by atoms with Crippen LogP contribution in [0.3, 0.4) is 0 Å². The lowest BCUT2D eigenvalue weighted by Gasteiger charge is -2.35. The van der Waals surface area contributed by atoms with Crippen LogP contribution in [-0.4, -0.2) is 62.5 Å². The molecule has 8 nitrogen and oxygen atoms in total. The van der Waals surface area contributed by atoms with E-state index in [9.17, 15) is 0 Å². The number of hydrogen-bond donors (Lipinski definition) is 2. The van der Waals surface area contributed by atoms with E-state index in [4.69, 9.17) is 23.2 Å². The number of pyridine rings is 1. The van der Waals surface area contributed by atoms with Crippen molar-refractivity contribution >= 4 is 51.7 Å². The van der Waals surface area contributed by atoms with E-state index in [2.05, 4.69) is 47.0 Å². The van der Waals surface area contributed by atoms with Gasteiger partial charge in [-0.3, -0.25) is 0 Å². The van der Waals surface area contributed by atoms with Gasteiger partial charge in [0.05, 0.1) is 15.6 Å². The predicted octanol–water partition coefficient (Wildman–Crippen LogP) is 4.61. The molecule has 0 atom stereocenters. The van der Waals surface area contributed by atoms with E-state index in [0.717, 1.165) is 38.4 Å². The summed E-state index contributed by atoms with van der Waals surface area (Å²) in [5.41, 5.74) is 2.94. The van der Waals surface area contributed by atoms with Crippen molar-refractivity contribution in [3.8, 4) is 11.4 Å². The van der Waals surface area contributed by atoms with Gasteiger partial charge in [0.15, 0.2) is 11.5 Å². The van der Waals surface area contributed by atoms with Crippen LogP contribution < -0.4 is 10.2 Å². The van der Waals surface area contributed by atoms with Crippen LogP contribution in [0.15, 0.2) is 42.9 Å². The van der Waals surface area contributed by atoms with Gasteiger partial charge >= 0.3 is 0 Å². The molecule has 0 radical (unpaired) electrons. The van der Waals surface area contributed by atoms with Crippen molar-refractivity contribution in [2.75, 3.05) is 42.9 Å². The van der Waals surface area contributed by atoms with Crippen molar-refractivity contribution in [1.82, 2.24) is 29.8 Å². The van der Waals surface area contributed by atoms with Crippen LogP contribution in [0.1, 0.15) is 6.92 Å². The maximum atomic E-state index is 6.36. The number of hydrogen-bond acceptors (Lipinski definition) is 7. The molecule has 164 valence electrons. The van der Waals surface area contributed by atoms with Gasteiger partial charge in [0.2, 0.25) is 0 Å². The van der Waals surface area contributed by atoms with Gasteiger partial charge in [-0.15, -0.1) is 0 Å². The zero-order chi connectivity index (χ0) is 22.1. The van der Waals surface area contributed by atoms with Crippen molar-refractivity contribution in [2.45, 2.75) is 6.92 Å². The van der Waals surface area contributed by atoms with Gasteiger partial charge in [-0.25, -0.2) is 19.9 Å². The average Bonchev–Trinajstić information content (AvgIpc) is 3.24. The van der Waals surface area contributed by atoms with Crippen LogP contribution in [0.25, 0.3) is 22.6 Å². The minimum Gasteiger partial charge on any atom is -0.369 e. The summed E-state index contributed by atoms with van der Waals surface area (Å²) in [6.45, 7) is 7.42. The standard InChI is InChI=1S/C22H22Cl2N8/c1-2-31-8-10-32(11-9-31)14-6-7-25-17(12-14)28-21-19-22(27-13-26-21)30-20(29-19)18-15(23)4-3-5-16(18)24/h3-7,12-13H,2,8-11H2,1H3,(H2,25,26,27,28,29,30). The summed E-state index contributed by atoms with van der Waals surface area (Å²) < 4.78 is 0. The zero-order valence-electron chi connectivity index (χ0n) is 17.5. The molecule has 0 bridgehead atoms. The number of likely N-dealkylation sites (N-methyl/N-ethyl adjacent to an activating group) is 1. The first kappa shape index (κ1) is 20.9. The van der Waals surface area contributed by atoms with Gasteiger partial charge in [0.1, 0.15) is 23.5 Å². The Kier molecular flexibility index (Phi) is 5.82. The Hall–Kier alpha value is -2.94. The fraction of sp³-hybridized carbons (Fsp3) is 0.273. The second-order valence-electron chi connectivity index (χ2n) is 7.55. The maximum absolute atomic E-state index is 6.36. The summed E-state index contributed by atoms with van der Waals surface area (Å²) in [5, 5.41) is 4.33. The van der Waals surface area contributed by atoms with Gasteiger partial charge in [-0.1, -0.05) is 36.2 Å². The van der Waals surface area contributed by atoms with E-state index >= 15 is 0 Å². The molecule has 1 aliphatic rings. The molecule has 4 heterocycles. The highest BCUT2D eigenvalue weighted by molar-refractivity contribution is 6.39. The van der Waals surface area contributed by atoms with Crippen molar-refractivity contribution in [1.29, 1.82) is 0 Å². The normalized spacial score (nSPS) is 14.8. The molecule has 3 aromatic heterocycles. The highest BCUT2D eigenvalue weighted by Crippen LogP contribution is 2.34. The second-order valence-corrected chi connectivity index (χ2v) is 8.36. The second kappa shape index (κ2) is 8.90. The molecule has 10 heteroatoms. The summed E-state index contributed by atoms with van der Waals surface area (Å²) in [6, 6.07) is 9.42. The third-order valence-electron chi connectivity index (χ3n) is 5.66. The summed E-state index contributed by atoms with van der Waals surface area (Å²) in [7, 11) is 0. The molecule has 1 fully saturated rings. The van der Waals surface area contributed by atoms with Crippen LogP contribution in [0.4, 0.5) is 17.3 Å². The summed E-state index contributed by atoms with van der Waals surface area (Å²) in [6.07, 6.45) is 3.28. The third kappa shape index (κ3) is 4.09. The predicted molar refractivity (Wildman–Crippen MR) is 129 cm³/mol. The topological polar surface area (TPSA) is 85.9 Å². The van der Waals surface area contributed by atoms with Gasteiger partial charge in [0.25, 0.3) is 0 Å². The van der Waals surface area contributed by atoms with E-state index in [-0.39, 0.29) is 0 Å². The van der Waals surface area contributed by atoms with E-state index in [1.807, 2.05) is 18.3 Å². The molecule has 32 heavy (non-hydrogen) atoms. The van der Waals surface area contributed by atoms with E-state index in [0.29, 0.717) is 44.2 Å². The fourth-order valence-electron chi connectivity index (χ4n) is 3.89. The molecular formula is C22H22Cl2N8. The molecule has 5 rings (SSSR count). The van der Waals surface area contributed by atoms with E-state index in [1.165, 1.54) is 6.33 Å². The number of fused-ring (bicyclic) bond motifs is 1. The summed E-state index contributed by atoms with van der Waals surface area (Å²) in [5.74, 6) is 1.82. The Bertz CT molecular complexity index is 1230. The lowest BCUT2D eigenvalue weighted by molar-refractivity contribution is 0.271. The van der Waals surface area contributed by atoms with Crippen molar-refractivity contribution in [3.05, 3.63) is 52.9 Å². The zero-order valence-corrected chi connectivity index (χ0v) is 19.0. The van der Waals surface area contributed by atoms with Crippen LogP contribution in [0.2, 0.25) is 10.0 Å². The number of rotatable bonds is 5. The maximum Gasteiger partial charge on any atom is 0.183 e. The Balaban J connectivity index is 1.43. The van der Waals surface area contributed by atoms with Gasteiger partial charge in [-0.05, 0) is 24.7 Å². The van der Waals surface area contributed by atoms with Crippen LogP contribution in [0, 0.1) is 0 Å². The van der Waals surface area contributed by atoms with Gasteiger partial charge in [-0.2, -0.15) is 0 Å². The molecular weight excluding hydrogens is 447 g/mol. The van der Waals surface area contributed by atoms with E-state index in [1.54, 1.807) is 18.2 Å². The highest BCUT2D eigenvalue weighted by Gasteiger charge is 2.18. The quantitative estimate of drug-likeness (QED) is 0.442. The molecule has 0 amide bonds. The molecule has 4 aromatic rings. The number of nitrogens with one attached hydrogen (secondary N) is 2. The highest BCUT2D eigenvalue weighted by atomic mass is 35.5. The number of aromatic amines is 1. The Morgan fingerprint density at radius 2 is 1.81 bits per heavy atom. The van der Waals surface area contributed by atoms with Crippen molar-refractivity contribution in [2.24, 2.45) is 0 Å². The molecule has 0 aliphatic carbocycles. The SMILES string of the molecule is CCN1CCN(c2ccnc(Nc3ncnc4nc(-c5c(Cl)cccc5Cl)[nH]c34)c2)CC1. The number of nitrogens with zero attached hydrogens (tertiary/aromatic N) is 6. The molecule has 1 aliphatic heterocycles. The molecule has 1 saturated heterocycles. The molecule has 0 saturated carbocycles. The fourth-order valence-corrected chi connectivity index (χ4v) is 4.47. The van der Waals surface area contributed by atoms with Gasteiger partial charge in [0, 0.05) is 44.1 Å². The summed E-state index contributed by atoms with van der Waals surface area (Å²) >= 11 is 12.7. The Labute approximate surface area is 195 Å². The van der Waals surface area contributed by atoms with Gasteiger partial charge < -0.3 is 20.1 Å². The molecule has 0 unspecified atom stereocenters. The molecule has 0 spiro atoms. The number of benzene rings is 1.